The van der Waals surface area contributed by atoms with Gasteiger partial charge in [-0.3, -0.25) is 9.69 Å². The Hall–Kier alpha value is -3.06. The van der Waals surface area contributed by atoms with Crippen LogP contribution in [0.25, 0.3) is 22.3 Å². The highest BCUT2D eigenvalue weighted by Crippen LogP contribution is 2.31. The minimum absolute atomic E-state index is 0.341. The molecule has 2 heterocycles. The van der Waals surface area contributed by atoms with E-state index in [0.717, 1.165) is 42.1 Å². The van der Waals surface area contributed by atoms with Gasteiger partial charge >= 0.3 is 0 Å². The Morgan fingerprint density at radius 3 is 2.30 bits per heavy atom. The molecular weight excluding hydrogens is 418 g/mol. The molecule has 0 atom stereocenters. The van der Waals surface area contributed by atoms with Crippen molar-refractivity contribution in [2.24, 2.45) is 0 Å². The summed E-state index contributed by atoms with van der Waals surface area (Å²) >= 11 is 0. The summed E-state index contributed by atoms with van der Waals surface area (Å²) in [6, 6.07) is 7.49. The summed E-state index contributed by atoms with van der Waals surface area (Å²) in [6.07, 6.45) is 5.23. The van der Waals surface area contributed by atoms with Crippen molar-refractivity contribution < 1.29 is 14.2 Å². The smallest absolute Gasteiger partial charge is 0.284 e. The average molecular weight is 452 g/mol. The third-order valence-corrected chi connectivity index (χ3v) is 6.30. The quantitative estimate of drug-likeness (QED) is 0.571. The average Bonchev–Trinajstić information content (AvgIpc) is 3.08. The third kappa shape index (κ3) is 5.14. The van der Waals surface area contributed by atoms with Crippen LogP contribution in [0.2, 0.25) is 0 Å². The van der Waals surface area contributed by atoms with Crippen LogP contribution < -0.4 is 19.8 Å². The Balaban J connectivity index is 1.58. The number of fused-ring (bicyclic) bond motifs is 1. The third-order valence-electron chi connectivity index (χ3n) is 6.30. The van der Waals surface area contributed by atoms with Crippen molar-refractivity contribution in [3.63, 3.8) is 0 Å². The lowest BCUT2D eigenvalue weighted by Gasteiger charge is -2.21. The van der Waals surface area contributed by atoms with E-state index < -0.39 is 0 Å². The van der Waals surface area contributed by atoms with Crippen molar-refractivity contribution in [3.8, 4) is 28.6 Å². The van der Waals surface area contributed by atoms with Crippen molar-refractivity contribution in [2.45, 2.75) is 39.5 Å². The highest BCUT2D eigenvalue weighted by atomic mass is 16.5. The number of rotatable bonds is 7. The molecule has 1 fully saturated rings. The fraction of sp³-hybridized carbons (Fsp3) is 0.462. The van der Waals surface area contributed by atoms with Gasteiger partial charge in [-0.2, -0.15) is 4.98 Å². The van der Waals surface area contributed by atoms with Crippen LogP contribution in [0.4, 0.5) is 0 Å². The molecule has 1 aliphatic heterocycles. The van der Waals surface area contributed by atoms with E-state index in [9.17, 15) is 4.79 Å². The number of nitrogens with one attached hydrogen (secondary N) is 1. The van der Waals surface area contributed by atoms with Crippen LogP contribution in [0.1, 0.15) is 36.8 Å². The minimum Gasteiger partial charge on any atom is -0.497 e. The van der Waals surface area contributed by atoms with Crippen LogP contribution in [-0.2, 0) is 0 Å². The number of nitrogens with zero attached hydrogens (tertiary/aromatic N) is 2. The molecule has 0 radical (unpaired) electrons. The number of hydrogen-bond acceptors (Lipinski definition) is 6. The molecule has 3 aromatic rings. The van der Waals surface area contributed by atoms with Crippen molar-refractivity contribution in [2.75, 3.05) is 40.5 Å². The Labute approximate surface area is 194 Å². The molecule has 7 nitrogen and oxygen atoms in total. The second-order valence-corrected chi connectivity index (χ2v) is 8.69. The van der Waals surface area contributed by atoms with Gasteiger partial charge in [-0.15, -0.1) is 0 Å². The molecule has 0 spiro atoms. The van der Waals surface area contributed by atoms with Gasteiger partial charge in [-0.05, 0) is 63.0 Å². The highest BCUT2D eigenvalue weighted by molar-refractivity contribution is 5.87. The summed E-state index contributed by atoms with van der Waals surface area (Å²) in [6.45, 7) is 8.01. The number of hydrogen-bond donors (Lipinski definition) is 1. The van der Waals surface area contributed by atoms with Crippen molar-refractivity contribution >= 4 is 10.9 Å². The van der Waals surface area contributed by atoms with Gasteiger partial charge in [0.2, 0.25) is 0 Å². The first kappa shape index (κ1) is 23.1. The normalized spacial score (nSPS) is 14.8. The molecule has 0 unspecified atom stereocenters. The molecule has 1 saturated heterocycles. The number of ether oxygens (including phenoxy) is 3. The molecule has 4 rings (SSSR count). The fourth-order valence-electron chi connectivity index (χ4n) is 4.59. The molecule has 7 heteroatoms. The van der Waals surface area contributed by atoms with Gasteiger partial charge in [-0.25, -0.2) is 0 Å². The van der Waals surface area contributed by atoms with Gasteiger partial charge in [-0.1, -0.05) is 12.8 Å². The monoisotopic (exact) mass is 451 g/mol. The van der Waals surface area contributed by atoms with Gasteiger partial charge in [0.05, 0.1) is 19.7 Å². The predicted octanol–water partition coefficient (Wildman–Crippen LogP) is 4.48. The molecule has 176 valence electrons. The number of likely N-dealkylation sites (tertiary alicyclic amines) is 1. The minimum atomic E-state index is -0.341. The van der Waals surface area contributed by atoms with E-state index in [4.69, 9.17) is 14.2 Å². The maximum atomic E-state index is 12.8. The molecule has 1 aromatic heterocycles. The fourth-order valence-corrected chi connectivity index (χ4v) is 4.59. The van der Waals surface area contributed by atoms with Crippen LogP contribution in [0.3, 0.4) is 0 Å². The van der Waals surface area contributed by atoms with E-state index in [0.29, 0.717) is 34.8 Å². The van der Waals surface area contributed by atoms with Crippen LogP contribution in [0.5, 0.6) is 17.2 Å². The topological polar surface area (TPSA) is 76.7 Å². The lowest BCUT2D eigenvalue weighted by Crippen LogP contribution is -2.29. The first-order valence-corrected chi connectivity index (χ1v) is 11.6. The molecule has 1 aliphatic rings. The van der Waals surface area contributed by atoms with Gasteiger partial charge in [0.1, 0.15) is 35.1 Å². The summed E-state index contributed by atoms with van der Waals surface area (Å²) in [7, 11) is 3.11. The predicted molar refractivity (Wildman–Crippen MR) is 131 cm³/mol. The van der Waals surface area contributed by atoms with Gasteiger partial charge in [0, 0.05) is 24.2 Å². The van der Waals surface area contributed by atoms with Crippen molar-refractivity contribution in [1.82, 2.24) is 14.9 Å². The first-order valence-electron chi connectivity index (χ1n) is 11.6. The molecule has 0 saturated carbocycles. The molecule has 0 aliphatic carbocycles. The molecule has 0 amide bonds. The van der Waals surface area contributed by atoms with Crippen LogP contribution >= 0.6 is 0 Å². The van der Waals surface area contributed by atoms with Crippen LogP contribution in [0.15, 0.2) is 29.1 Å². The zero-order valence-electron chi connectivity index (χ0n) is 20.0. The van der Waals surface area contributed by atoms with E-state index in [-0.39, 0.29) is 5.56 Å². The molecule has 2 aromatic carbocycles. The second kappa shape index (κ2) is 10.3. The molecule has 0 bridgehead atoms. The number of methoxy groups -OCH3 is 2. The summed E-state index contributed by atoms with van der Waals surface area (Å²) in [4.78, 5) is 22.9. The maximum Gasteiger partial charge on any atom is 0.284 e. The van der Waals surface area contributed by atoms with Gasteiger partial charge in [0.25, 0.3) is 5.56 Å². The Bertz CT molecular complexity index is 1160. The Morgan fingerprint density at radius 1 is 0.970 bits per heavy atom. The zero-order valence-corrected chi connectivity index (χ0v) is 20.0. The number of aromatic nitrogens is 2. The Kier molecular flexibility index (Phi) is 7.18. The van der Waals surface area contributed by atoms with Crippen LogP contribution in [-0.4, -0.2) is 55.3 Å². The van der Waals surface area contributed by atoms with Crippen molar-refractivity contribution in [1.29, 1.82) is 0 Å². The van der Waals surface area contributed by atoms with Crippen LogP contribution in [0, 0.1) is 13.8 Å². The van der Waals surface area contributed by atoms with E-state index in [1.807, 2.05) is 26.0 Å². The lowest BCUT2D eigenvalue weighted by molar-refractivity contribution is 0.212. The number of aromatic amines is 1. The maximum absolute atomic E-state index is 12.8. The molecular formula is C26H33N3O4. The molecule has 33 heavy (non-hydrogen) atoms. The summed E-state index contributed by atoms with van der Waals surface area (Å²) in [5, 5.41) is 0.406. The molecule has 1 N–H and O–H groups in total. The van der Waals surface area contributed by atoms with E-state index >= 15 is 0 Å². The first-order chi connectivity index (χ1) is 16.0. The standard InChI is InChI=1S/C26H33N3O4/c1-17-13-19(14-18(2)24(17)33-12-11-29-9-7-5-6-8-10-29)25-27-21-15-20(31-3)16-22(32-4)23(21)26(30)28-25/h13-16H,5-12H2,1-4H3,(H,27,28,30). The van der Waals surface area contributed by atoms with E-state index in [1.165, 1.54) is 32.8 Å². The largest absolute Gasteiger partial charge is 0.497 e. The van der Waals surface area contributed by atoms with Gasteiger partial charge in [0.15, 0.2) is 0 Å². The lowest BCUT2D eigenvalue weighted by atomic mass is 10.0. The number of aryl methyl sites for hydroxylation is 2. The number of benzene rings is 2. The van der Waals surface area contributed by atoms with Gasteiger partial charge < -0.3 is 19.2 Å². The second-order valence-electron chi connectivity index (χ2n) is 8.69. The zero-order chi connectivity index (χ0) is 23.4. The van der Waals surface area contributed by atoms with E-state index in [2.05, 4.69) is 14.9 Å². The summed E-state index contributed by atoms with van der Waals surface area (Å²) < 4.78 is 16.9. The SMILES string of the molecule is COc1cc(OC)c2c(=O)nc(-c3cc(C)c(OCCN4CCCCCC4)c(C)c3)[nH]c2c1. The summed E-state index contributed by atoms with van der Waals surface area (Å²) in [5.74, 6) is 2.45. The van der Waals surface area contributed by atoms with Crippen molar-refractivity contribution in [3.05, 3.63) is 45.7 Å². The van der Waals surface area contributed by atoms with E-state index in [1.54, 1.807) is 19.2 Å². The number of H-pyrrole nitrogens is 1. The summed E-state index contributed by atoms with van der Waals surface area (Å²) in [5.41, 5.74) is 3.16. The highest BCUT2D eigenvalue weighted by Gasteiger charge is 2.15. The Morgan fingerprint density at radius 2 is 1.67 bits per heavy atom.